The van der Waals surface area contributed by atoms with Gasteiger partial charge in [-0.3, -0.25) is 9.59 Å². The van der Waals surface area contributed by atoms with Gasteiger partial charge in [0.2, 0.25) is 5.91 Å². The van der Waals surface area contributed by atoms with Gasteiger partial charge in [0.05, 0.1) is 22.6 Å². The fourth-order valence-electron chi connectivity index (χ4n) is 4.04. The third-order valence-electron chi connectivity index (χ3n) is 6.06. The number of rotatable bonds is 7. The van der Waals surface area contributed by atoms with E-state index in [-0.39, 0.29) is 17.7 Å². The van der Waals surface area contributed by atoms with Crippen molar-refractivity contribution in [3.63, 3.8) is 0 Å². The van der Waals surface area contributed by atoms with Gasteiger partial charge in [-0.05, 0) is 37.1 Å². The maximum absolute atomic E-state index is 13.2. The highest BCUT2D eigenvalue weighted by atomic mass is 16.2. The molecule has 0 atom stereocenters. The van der Waals surface area contributed by atoms with Crippen LogP contribution in [0.4, 0.5) is 5.69 Å². The van der Waals surface area contributed by atoms with E-state index in [4.69, 9.17) is 5.10 Å². The summed E-state index contributed by atoms with van der Waals surface area (Å²) >= 11 is 0. The quantitative estimate of drug-likeness (QED) is 0.438. The molecular weight excluding hydrogens is 424 g/mol. The Kier molecular flexibility index (Phi) is 5.95. The molecule has 0 spiro atoms. The van der Waals surface area contributed by atoms with Crippen molar-refractivity contribution in [3.8, 4) is 16.9 Å². The molecule has 170 valence electrons. The van der Waals surface area contributed by atoms with Crippen LogP contribution >= 0.6 is 0 Å². The zero-order valence-electron chi connectivity index (χ0n) is 19.0. The van der Waals surface area contributed by atoms with Crippen LogP contribution in [0, 0.1) is 5.92 Å². The second-order valence-electron chi connectivity index (χ2n) is 8.52. The Morgan fingerprint density at radius 3 is 2.29 bits per heavy atom. The second-order valence-corrected chi connectivity index (χ2v) is 8.52. The SMILES string of the molecule is CN(C(=O)C1CC1)c1ccccc1C(=O)NCc1cn(-c2ccccc2)nc1-c1ccccc1. The predicted molar refractivity (Wildman–Crippen MR) is 133 cm³/mol. The van der Waals surface area contributed by atoms with E-state index < -0.39 is 0 Å². The van der Waals surface area contributed by atoms with Crippen molar-refractivity contribution >= 4 is 17.5 Å². The molecule has 0 radical (unpaired) electrons. The second kappa shape index (κ2) is 9.35. The highest BCUT2D eigenvalue weighted by Crippen LogP contribution is 2.33. The Labute approximate surface area is 198 Å². The van der Waals surface area contributed by atoms with E-state index in [0.29, 0.717) is 17.8 Å². The molecule has 34 heavy (non-hydrogen) atoms. The third-order valence-corrected chi connectivity index (χ3v) is 6.06. The normalized spacial score (nSPS) is 12.9. The molecule has 0 unspecified atom stereocenters. The van der Waals surface area contributed by atoms with Crippen LogP contribution in [0.15, 0.2) is 91.1 Å². The summed E-state index contributed by atoms with van der Waals surface area (Å²) in [4.78, 5) is 27.4. The molecule has 1 aromatic heterocycles. The molecule has 1 aliphatic rings. The minimum Gasteiger partial charge on any atom is -0.348 e. The lowest BCUT2D eigenvalue weighted by atomic mass is 10.1. The van der Waals surface area contributed by atoms with Crippen LogP contribution in [0.25, 0.3) is 16.9 Å². The van der Waals surface area contributed by atoms with Crippen LogP contribution in [0.5, 0.6) is 0 Å². The highest BCUT2D eigenvalue weighted by molar-refractivity contribution is 6.05. The minimum absolute atomic E-state index is 0.0655. The zero-order valence-corrected chi connectivity index (χ0v) is 19.0. The molecule has 1 saturated carbocycles. The number of nitrogens with zero attached hydrogens (tertiary/aromatic N) is 3. The lowest BCUT2D eigenvalue weighted by molar-refractivity contribution is -0.119. The summed E-state index contributed by atoms with van der Waals surface area (Å²) in [5.41, 5.74) is 4.76. The maximum Gasteiger partial charge on any atom is 0.253 e. The molecule has 1 N–H and O–H groups in total. The number of para-hydroxylation sites is 2. The van der Waals surface area contributed by atoms with E-state index in [1.807, 2.05) is 89.7 Å². The van der Waals surface area contributed by atoms with E-state index in [2.05, 4.69) is 5.32 Å². The Morgan fingerprint density at radius 1 is 0.941 bits per heavy atom. The Morgan fingerprint density at radius 2 is 1.59 bits per heavy atom. The Balaban J connectivity index is 1.41. The van der Waals surface area contributed by atoms with Crippen LogP contribution in [0.3, 0.4) is 0 Å². The molecule has 5 rings (SSSR count). The van der Waals surface area contributed by atoms with Crippen molar-refractivity contribution in [3.05, 3.63) is 102 Å². The summed E-state index contributed by atoms with van der Waals surface area (Å²) in [6.07, 6.45) is 3.79. The number of carbonyl (C=O) groups is 2. The van der Waals surface area contributed by atoms with Crippen molar-refractivity contribution < 1.29 is 9.59 Å². The molecule has 4 aromatic rings. The molecule has 2 amide bonds. The van der Waals surface area contributed by atoms with Gasteiger partial charge in [-0.15, -0.1) is 0 Å². The van der Waals surface area contributed by atoms with Crippen LogP contribution in [0.2, 0.25) is 0 Å². The van der Waals surface area contributed by atoms with Gasteiger partial charge < -0.3 is 10.2 Å². The van der Waals surface area contributed by atoms with Crippen molar-refractivity contribution in [2.24, 2.45) is 5.92 Å². The van der Waals surface area contributed by atoms with Crippen molar-refractivity contribution in [1.29, 1.82) is 0 Å². The van der Waals surface area contributed by atoms with Crippen molar-refractivity contribution in [1.82, 2.24) is 15.1 Å². The number of hydrogen-bond acceptors (Lipinski definition) is 3. The molecule has 1 heterocycles. The number of carbonyl (C=O) groups excluding carboxylic acids is 2. The van der Waals surface area contributed by atoms with E-state index in [0.717, 1.165) is 35.3 Å². The van der Waals surface area contributed by atoms with Gasteiger partial charge in [0, 0.05) is 36.8 Å². The Bertz CT molecular complexity index is 1310. The first-order valence-corrected chi connectivity index (χ1v) is 11.5. The number of hydrogen-bond donors (Lipinski definition) is 1. The van der Waals surface area contributed by atoms with E-state index in [1.54, 1.807) is 18.0 Å². The largest absolute Gasteiger partial charge is 0.348 e. The molecule has 1 fully saturated rings. The van der Waals surface area contributed by atoms with Crippen molar-refractivity contribution in [2.45, 2.75) is 19.4 Å². The van der Waals surface area contributed by atoms with Gasteiger partial charge >= 0.3 is 0 Å². The average molecular weight is 451 g/mol. The van der Waals surface area contributed by atoms with Gasteiger partial charge in [0.25, 0.3) is 5.91 Å². The lowest BCUT2D eigenvalue weighted by Crippen LogP contribution is -2.31. The average Bonchev–Trinajstić information content (AvgIpc) is 3.66. The van der Waals surface area contributed by atoms with Gasteiger partial charge in [0.1, 0.15) is 0 Å². The summed E-state index contributed by atoms with van der Waals surface area (Å²) in [5.74, 6) is -0.0772. The molecular formula is C28H26N4O2. The third kappa shape index (κ3) is 4.48. The van der Waals surface area contributed by atoms with E-state index in [1.165, 1.54) is 0 Å². The summed E-state index contributed by atoms with van der Waals surface area (Å²) in [5, 5.41) is 7.85. The minimum atomic E-state index is -0.225. The van der Waals surface area contributed by atoms with Crippen LogP contribution < -0.4 is 10.2 Å². The topological polar surface area (TPSA) is 67.2 Å². The van der Waals surface area contributed by atoms with Crippen LogP contribution in [-0.4, -0.2) is 28.6 Å². The van der Waals surface area contributed by atoms with Crippen LogP contribution in [-0.2, 0) is 11.3 Å². The maximum atomic E-state index is 13.2. The first-order valence-electron chi connectivity index (χ1n) is 11.5. The van der Waals surface area contributed by atoms with Gasteiger partial charge in [0.15, 0.2) is 0 Å². The first kappa shape index (κ1) is 21.6. The predicted octanol–water partition coefficient (Wildman–Crippen LogP) is 4.84. The summed E-state index contributed by atoms with van der Waals surface area (Å²) in [7, 11) is 1.74. The summed E-state index contributed by atoms with van der Waals surface area (Å²) in [6, 6.07) is 27.1. The molecule has 0 aliphatic heterocycles. The van der Waals surface area contributed by atoms with E-state index >= 15 is 0 Å². The number of benzene rings is 3. The smallest absolute Gasteiger partial charge is 0.253 e. The molecule has 0 saturated heterocycles. The zero-order chi connectivity index (χ0) is 23.5. The van der Waals surface area contributed by atoms with E-state index in [9.17, 15) is 9.59 Å². The monoisotopic (exact) mass is 450 g/mol. The standard InChI is InChI=1S/C28H26N4O2/c1-31(28(34)21-16-17-21)25-15-9-8-14-24(25)27(33)29-18-22-19-32(23-12-6-3-7-13-23)30-26(22)20-10-4-2-5-11-20/h2-15,19,21H,16-18H2,1H3,(H,29,33). The van der Waals surface area contributed by atoms with Gasteiger partial charge in [-0.1, -0.05) is 60.7 Å². The first-order chi connectivity index (χ1) is 16.6. The van der Waals surface area contributed by atoms with Gasteiger partial charge in [-0.2, -0.15) is 5.10 Å². The number of aromatic nitrogens is 2. The summed E-state index contributed by atoms with van der Waals surface area (Å²) in [6.45, 7) is 0.310. The summed E-state index contributed by atoms with van der Waals surface area (Å²) < 4.78 is 1.83. The fraction of sp³-hybridized carbons (Fsp3) is 0.179. The molecule has 6 heteroatoms. The number of anilines is 1. The van der Waals surface area contributed by atoms with Crippen LogP contribution in [0.1, 0.15) is 28.8 Å². The molecule has 3 aromatic carbocycles. The highest BCUT2D eigenvalue weighted by Gasteiger charge is 2.33. The molecule has 6 nitrogen and oxygen atoms in total. The molecule has 0 bridgehead atoms. The molecule has 1 aliphatic carbocycles. The fourth-order valence-corrected chi connectivity index (χ4v) is 4.04. The van der Waals surface area contributed by atoms with Crippen molar-refractivity contribution in [2.75, 3.05) is 11.9 Å². The number of nitrogens with one attached hydrogen (secondary N) is 1. The lowest BCUT2D eigenvalue weighted by Gasteiger charge is -2.20. The number of amides is 2. The van der Waals surface area contributed by atoms with Gasteiger partial charge in [-0.25, -0.2) is 4.68 Å². The Hall–Kier alpha value is -4.19.